The van der Waals surface area contributed by atoms with Crippen molar-refractivity contribution < 1.29 is 33.4 Å². The molecule has 0 aliphatic carbocycles. The summed E-state index contributed by atoms with van der Waals surface area (Å²) in [5, 5.41) is 6.95. The summed E-state index contributed by atoms with van der Waals surface area (Å²) in [7, 11) is 0. The number of amides is 3. The van der Waals surface area contributed by atoms with Gasteiger partial charge < -0.3 is 29.7 Å². The predicted octanol–water partition coefficient (Wildman–Crippen LogP) is 8.84. The number of fused-ring (bicyclic) bond motifs is 1. The first-order valence-electron chi connectivity index (χ1n) is 20.7. The number of piperazine rings is 1. The van der Waals surface area contributed by atoms with Gasteiger partial charge in [-0.05, 0) is 111 Å². The number of hydrogen-bond donors (Lipinski definition) is 2. The molecule has 1 aliphatic rings. The summed E-state index contributed by atoms with van der Waals surface area (Å²) in [4.78, 5) is 58.7. The molecular weight excluding hydrogens is 747 g/mol. The van der Waals surface area contributed by atoms with E-state index in [1.807, 2.05) is 152 Å². The summed E-state index contributed by atoms with van der Waals surface area (Å²) in [6.45, 7) is 18.0. The fourth-order valence-electron chi connectivity index (χ4n) is 7.44. The van der Waals surface area contributed by atoms with E-state index in [1.54, 1.807) is 6.20 Å². The Bertz CT molecular complexity index is 2030. The van der Waals surface area contributed by atoms with Gasteiger partial charge in [-0.1, -0.05) is 78.9 Å². The number of alkyl carbamates (subject to hydrolysis) is 2. The van der Waals surface area contributed by atoms with Gasteiger partial charge in [0.1, 0.15) is 16.8 Å². The molecule has 1 fully saturated rings. The highest BCUT2D eigenvalue weighted by Gasteiger charge is 2.44. The molecule has 0 radical (unpaired) electrons. The molecule has 1 aromatic heterocycles. The first kappa shape index (κ1) is 44.7. The van der Waals surface area contributed by atoms with E-state index in [-0.39, 0.29) is 5.91 Å². The van der Waals surface area contributed by atoms with Crippen LogP contribution in [0.25, 0.3) is 10.9 Å². The van der Waals surface area contributed by atoms with E-state index >= 15 is 0 Å². The lowest BCUT2D eigenvalue weighted by Crippen LogP contribution is -2.67. The zero-order valence-corrected chi connectivity index (χ0v) is 36.2. The fraction of sp³-hybridized carbons (Fsp3) is 0.489. The molecule has 1 saturated heterocycles. The average molecular weight is 810 g/mol. The Labute approximate surface area is 349 Å². The first-order valence-corrected chi connectivity index (χ1v) is 20.7. The Hall–Kier alpha value is -5.36. The molecule has 0 bridgehead atoms. The molecule has 0 spiro atoms. The molecule has 2 heterocycles. The Morgan fingerprint density at radius 3 is 1.88 bits per heavy atom. The maximum Gasteiger partial charge on any atom is 0.419 e. The smallest absolute Gasteiger partial charge is 0.419 e. The highest BCUT2D eigenvalue weighted by Crippen LogP contribution is 2.31. The Morgan fingerprint density at radius 2 is 1.27 bits per heavy atom. The summed E-state index contributed by atoms with van der Waals surface area (Å²) in [6, 6.07) is 26.1. The molecule has 0 unspecified atom stereocenters. The molecule has 0 saturated carbocycles. The number of aromatic nitrogens is 1. The van der Waals surface area contributed by atoms with E-state index in [2.05, 4.69) is 15.5 Å². The van der Waals surface area contributed by atoms with E-state index in [0.29, 0.717) is 57.4 Å². The quantitative estimate of drug-likeness (QED) is 0.101. The van der Waals surface area contributed by atoms with Gasteiger partial charge in [-0.25, -0.2) is 14.4 Å². The van der Waals surface area contributed by atoms with Crippen molar-refractivity contribution in [3.05, 3.63) is 108 Å². The molecule has 2 N–H and O–H groups in total. The number of carbonyl (C=O) groups is 4. The number of nitrogens with zero attached hydrogens (tertiary/aromatic N) is 3. The van der Waals surface area contributed by atoms with Crippen molar-refractivity contribution >= 4 is 35.1 Å². The van der Waals surface area contributed by atoms with Crippen LogP contribution in [0.5, 0.6) is 0 Å². The number of benzene rings is 3. The van der Waals surface area contributed by atoms with Crippen LogP contribution < -0.4 is 10.6 Å². The molecule has 3 atom stereocenters. The van der Waals surface area contributed by atoms with Crippen LogP contribution >= 0.6 is 0 Å². The minimum atomic E-state index is -0.761. The number of unbranched alkanes of at least 4 members (excludes halogenated alkanes) is 1. The van der Waals surface area contributed by atoms with E-state index in [9.17, 15) is 19.2 Å². The van der Waals surface area contributed by atoms with Gasteiger partial charge in [-0.15, -0.1) is 0 Å². The lowest BCUT2D eigenvalue weighted by molar-refractivity contribution is -0.148. The standard InChI is InChI=1S/C47H63N5O7/c1-45(2,3)57-42(54)48-27-19-18-26-39-41(53)50(29-33-20-12-10-13-21-33)32-40(51(39)30-34-22-14-11-15-23-34)37(49-43(55)58-46(4,5)6)28-35-31-52(44(56)59-47(7,8)9)38-25-17-16-24-36(35)38/h10-17,20-25,31,37,39-40H,18-19,26-30,32H2,1-9H3,(H,48,54)(H,49,55)/t37-,39-,40-/m0/s1. The number of rotatable bonds is 13. The van der Waals surface area contributed by atoms with Gasteiger partial charge in [-0.3, -0.25) is 14.3 Å². The van der Waals surface area contributed by atoms with E-state index < -0.39 is 53.2 Å². The number of para-hydroxylation sites is 1. The van der Waals surface area contributed by atoms with Gasteiger partial charge in [-0.2, -0.15) is 0 Å². The van der Waals surface area contributed by atoms with Gasteiger partial charge in [0.15, 0.2) is 0 Å². The number of ether oxygens (including phenoxy) is 3. The number of hydrogen-bond acceptors (Lipinski definition) is 8. The monoisotopic (exact) mass is 809 g/mol. The highest BCUT2D eigenvalue weighted by molar-refractivity contribution is 5.92. The van der Waals surface area contributed by atoms with E-state index in [0.717, 1.165) is 22.1 Å². The number of carbonyl (C=O) groups excluding carboxylic acids is 4. The van der Waals surface area contributed by atoms with Crippen LogP contribution in [0, 0.1) is 0 Å². The Kier molecular flexibility index (Phi) is 14.5. The second-order valence-corrected chi connectivity index (χ2v) is 18.3. The average Bonchev–Trinajstić information content (AvgIpc) is 3.50. The van der Waals surface area contributed by atoms with Crippen LogP contribution in [0.1, 0.15) is 98.3 Å². The molecular formula is C47H63N5O7. The summed E-state index contributed by atoms with van der Waals surface area (Å²) in [5.41, 5.74) is 1.47. The van der Waals surface area contributed by atoms with Crippen LogP contribution in [-0.4, -0.2) is 86.6 Å². The molecule has 1 aliphatic heterocycles. The summed E-state index contributed by atoms with van der Waals surface area (Å²) in [6.07, 6.45) is 2.37. The van der Waals surface area contributed by atoms with Gasteiger partial charge in [0.25, 0.3) is 0 Å². The SMILES string of the molecule is CC(C)(C)OC(=O)NCCCC[C@H]1C(=O)N(Cc2ccccc2)C[C@@H]([C@H](Cc2cn(C(=O)OC(C)(C)C)c3ccccc23)NC(=O)OC(C)(C)C)N1Cc1ccccc1. The maximum absolute atomic E-state index is 14.8. The van der Waals surface area contributed by atoms with Crippen LogP contribution in [-0.2, 0) is 38.5 Å². The van der Waals surface area contributed by atoms with Crippen molar-refractivity contribution in [3.63, 3.8) is 0 Å². The van der Waals surface area contributed by atoms with Crippen LogP contribution in [0.4, 0.5) is 14.4 Å². The molecule has 5 rings (SSSR count). The molecule has 318 valence electrons. The predicted molar refractivity (Wildman–Crippen MR) is 230 cm³/mol. The van der Waals surface area contributed by atoms with Gasteiger partial charge in [0.05, 0.1) is 17.6 Å². The molecule has 3 aromatic carbocycles. The van der Waals surface area contributed by atoms with Crippen molar-refractivity contribution in [1.82, 2.24) is 25.0 Å². The van der Waals surface area contributed by atoms with Crippen molar-refractivity contribution in [2.45, 2.75) is 136 Å². The molecule has 12 heteroatoms. The van der Waals surface area contributed by atoms with Crippen LogP contribution in [0.15, 0.2) is 91.1 Å². The normalized spacial score (nSPS) is 17.0. The topological polar surface area (TPSA) is 131 Å². The first-order chi connectivity index (χ1) is 27.8. The van der Waals surface area contributed by atoms with Crippen molar-refractivity contribution in [2.24, 2.45) is 0 Å². The minimum absolute atomic E-state index is 0.00122. The molecule has 12 nitrogen and oxygen atoms in total. The van der Waals surface area contributed by atoms with Crippen molar-refractivity contribution in [2.75, 3.05) is 13.1 Å². The van der Waals surface area contributed by atoms with Gasteiger partial charge >= 0.3 is 18.3 Å². The van der Waals surface area contributed by atoms with Crippen LogP contribution in [0.3, 0.4) is 0 Å². The van der Waals surface area contributed by atoms with Crippen molar-refractivity contribution in [3.8, 4) is 0 Å². The fourth-order valence-corrected chi connectivity index (χ4v) is 7.44. The third kappa shape index (κ3) is 13.3. The second kappa shape index (κ2) is 19.1. The summed E-state index contributed by atoms with van der Waals surface area (Å²) in [5.74, 6) is -0.00122. The third-order valence-electron chi connectivity index (χ3n) is 9.82. The largest absolute Gasteiger partial charge is 0.444 e. The van der Waals surface area contributed by atoms with E-state index in [4.69, 9.17) is 14.2 Å². The lowest BCUT2D eigenvalue weighted by Gasteiger charge is -2.49. The zero-order valence-electron chi connectivity index (χ0n) is 36.2. The highest BCUT2D eigenvalue weighted by atomic mass is 16.6. The summed E-state index contributed by atoms with van der Waals surface area (Å²) < 4.78 is 18.6. The lowest BCUT2D eigenvalue weighted by atomic mass is 9.91. The van der Waals surface area contributed by atoms with Crippen LogP contribution in [0.2, 0.25) is 0 Å². The molecule has 4 aromatic rings. The third-order valence-corrected chi connectivity index (χ3v) is 9.82. The summed E-state index contributed by atoms with van der Waals surface area (Å²) >= 11 is 0. The Morgan fingerprint density at radius 1 is 0.712 bits per heavy atom. The number of nitrogens with one attached hydrogen (secondary N) is 2. The minimum Gasteiger partial charge on any atom is -0.444 e. The second-order valence-electron chi connectivity index (χ2n) is 18.3. The zero-order chi connectivity index (χ0) is 43.0. The van der Waals surface area contributed by atoms with Gasteiger partial charge in [0, 0.05) is 43.8 Å². The molecule has 59 heavy (non-hydrogen) atoms. The Balaban J connectivity index is 1.56. The maximum atomic E-state index is 14.8. The molecule has 3 amide bonds. The van der Waals surface area contributed by atoms with Crippen molar-refractivity contribution in [1.29, 1.82) is 0 Å². The van der Waals surface area contributed by atoms with E-state index in [1.165, 1.54) is 4.57 Å². The van der Waals surface area contributed by atoms with Gasteiger partial charge in [0.2, 0.25) is 5.91 Å².